The SMILES string of the molecule is CCCOc1ccc(/C=N/NC(=O)c2ccc(CSc3ccccc3)cc2)cc1. The number of ether oxygens (including phenoxy) is 1. The van der Waals surface area contributed by atoms with Gasteiger partial charge in [-0.1, -0.05) is 37.3 Å². The van der Waals surface area contributed by atoms with Crippen LogP contribution in [-0.4, -0.2) is 18.7 Å². The Morgan fingerprint density at radius 2 is 1.72 bits per heavy atom. The Morgan fingerprint density at radius 3 is 2.41 bits per heavy atom. The number of hydrazone groups is 1. The minimum Gasteiger partial charge on any atom is -0.494 e. The number of nitrogens with zero attached hydrogens (tertiary/aromatic N) is 1. The largest absolute Gasteiger partial charge is 0.494 e. The van der Waals surface area contributed by atoms with Crippen molar-refractivity contribution < 1.29 is 9.53 Å². The third kappa shape index (κ3) is 6.80. The number of benzene rings is 3. The summed E-state index contributed by atoms with van der Waals surface area (Å²) in [5, 5.41) is 4.04. The number of nitrogens with one attached hydrogen (secondary N) is 1. The van der Waals surface area contributed by atoms with E-state index in [1.54, 1.807) is 18.0 Å². The van der Waals surface area contributed by atoms with E-state index < -0.39 is 0 Å². The molecule has 1 N–H and O–H groups in total. The molecule has 0 fully saturated rings. The van der Waals surface area contributed by atoms with Crippen molar-refractivity contribution >= 4 is 23.9 Å². The first-order valence-electron chi connectivity index (χ1n) is 9.57. The topological polar surface area (TPSA) is 50.7 Å². The van der Waals surface area contributed by atoms with Crippen molar-refractivity contribution in [3.8, 4) is 5.75 Å². The van der Waals surface area contributed by atoms with Gasteiger partial charge >= 0.3 is 0 Å². The fraction of sp³-hybridized carbons (Fsp3) is 0.167. The molecule has 5 heteroatoms. The van der Waals surface area contributed by atoms with E-state index in [1.807, 2.05) is 66.7 Å². The lowest BCUT2D eigenvalue weighted by Crippen LogP contribution is -2.17. The molecular formula is C24H24N2O2S. The highest BCUT2D eigenvalue weighted by molar-refractivity contribution is 7.98. The third-order valence-electron chi connectivity index (χ3n) is 4.10. The molecule has 3 rings (SSSR count). The van der Waals surface area contributed by atoms with Crippen molar-refractivity contribution in [1.29, 1.82) is 0 Å². The summed E-state index contributed by atoms with van der Waals surface area (Å²) in [4.78, 5) is 13.5. The summed E-state index contributed by atoms with van der Waals surface area (Å²) < 4.78 is 5.55. The number of hydrogen-bond donors (Lipinski definition) is 1. The summed E-state index contributed by atoms with van der Waals surface area (Å²) >= 11 is 1.77. The predicted octanol–water partition coefficient (Wildman–Crippen LogP) is 5.53. The fourth-order valence-electron chi connectivity index (χ4n) is 2.54. The first kappa shape index (κ1) is 20.7. The summed E-state index contributed by atoms with van der Waals surface area (Å²) in [6.45, 7) is 2.77. The number of amides is 1. The molecule has 148 valence electrons. The second kappa shape index (κ2) is 11.1. The maximum atomic E-state index is 12.2. The second-order valence-corrected chi connectivity index (χ2v) is 7.46. The van der Waals surface area contributed by atoms with E-state index in [0.29, 0.717) is 12.2 Å². The minimum atomic E-state index is -0.230. The van der Waals surface area contributed by atoms with E-state index in [1.165, 1.54) is 10.5 Å². The fourth-order valence-corrected chi connectivity index (χ4v) is 3.41. The Balaban J connectivity index is 1.48. The summed E-state index contributed by atoms with van der Waals surface area (Å²) in [5.41, 5.74) is 5.21. The lowest BCUT2D eigenvalue weighted by molar-refractivity contribution is 0.0955. The van der Waals surface area contributed by atoms with E-state index in [9.17, 15) is 4.79 Å². The molecule has 1 amide bonds. The van der Waals surface area contributed by atoms with Gasteiger partial charge in [0.15, 0.2) is 0 Å². The molecule has 0 saturated heterocycles. The average Bonchev–Trinajstić information content (AvgIpc) is 2.78. The highest BCUT2D eigenvalue weighted by atomic mass is 32.2. The molecule has 29 heavy (non-hydrogen) atoms. The molecule has 0 aliphatic carbocycles. The lowest BCUT2D eigenvalue weighted by atomic mass is 10.1. The molecule has 4 nitrogen and oxygen atoms in total. The van der Waals surface area contributed by atoms with Crippen molar-refractivity contribution in [2.75, 3.05) is 6.61 Å². The van der Waals surface area contributed by atoms with Crippen molar-refractivity contribution in [3.05, 3.63) is 95.6 Å². The molecule has 0 saturated carbocycles. The van der Waals surface area contributed by atoms with Crippen LogP contribution in [0.25, 0.3) is 0 Å². The van der Waals surface area contributed by atoms with Crippen LogP contribution in [0.15, 0.2) is 88.9 Å². The highest BCUT2D eigenvalue weighted by Gasteiger charge is 2.04. The zero-order chi connectivity index (χ0) is 20.3. The number of carbonyl (C=O) groups is 1. The van der Waals surface area contributed by atoms with E-state index in [4.69, 9.17) is 4.74 Å². The van der Waals surface area contributed by atoms with Gasteiger partial charge in [0.1, 0.15) is 5.75 Å². The van der Waals surface area contributed by atoms with E-state index in [0.717, 1.165) is 23.5 Å². The normalized spacial score (nSPS) is 10.8. The Kier molecular flexibility index (Phi) is 7.90. The number of thioether (sulfide) groups is 1. The lowest BCUT2D eigenvalue weighted by Gasteiger charge is -2.05. The maximum absolute atomic E-state index is 12.2. The van der Waals surface area contributed by atoms with Crippen molar-refractivity contribution in [2.45, 2.75) is 24.0 Å². The van der Waals surface area contributed by atoms with Crippen LogP contribution in [0.4, 0.5) is 0 Å². The van der Waals surface area contributed by atoms with Gasteiger partial charge in [-0.15, -0.1) is 11.8 Å². The van der Waals surface area contributed by atoms with Gasteiger partial charge < -0.3 is 4.74 Å². The number of hydrogen-bond acceptors (Lipinski definition) is 4. The minimum absolute atomic E-state index is 0.230. The Morgan fingerprint density at radius 1 is 1.00 bits per heavy atom. The van der Waals surface area contributed by atoms with E-state index in [2.05, 4.69) is 29.6 Å². The van der Waals surface area contributed by atoms with Crippen molar-refractivity contribution in [3.63, 3.8) is 0 Å². The summed E-state index contributed by atoms with van der Waals surface area (Å²) in [6, 6.07) is 25.5. The summed E-state index contributed by atoms with van der Waals surface area (Å²) in [6.07, 6.45) is 2.59. The van der Waals surface area contributed by atoms with Gasteiger partial charge in [-0.2, -0.15) is 5.10 Å². The monoisotopic (exact) mass is 404 g/mol. The smallest absolute Gasteiger partial charge is 0.271 e. The van der Waals surface area contributed by atoms with Gasteiger partial charge in [0, 0.05) is 16.2 Å². The van der Waals surface area contributed by atoms with Crippen LogP contribution in [0.2, 0.25) is 0 Å². The molecule has 0 heterocycles. The van der Waals surface area contributed by atoms with Gasteiger partial charge in [-0.25, -0.2) is 5.43 Å². The number of rotatable bonds is 9. The van der Waals surface area contributed by atoms with E-state index in [-0.39, 0.29) is 5.91 Å². The molecule has 0 radical (unpaired) electrons. The predicted molar refractivity (Wildman–Crippen MR) is 120 cm³/mol. The summed E-state index contributed by atoms with van der Waals surface area (Å²) in [5.74, 6) is 1.46. The first-order valence-corrected chi connectivity index (χ1v) is 10.6. The Labute approximate surface area is 176 Å². The van der Waals surface area contributed by atoms with Crippen LogP contribution in [-0.2, 0) is 5.75 Å². The molecule has 0 atom stereocenters. The van der Waals surface area contributed by atoms with Crippen LogP contribution < -0.4 is 10.2 Å². The third-order valence-corrected chi connectivity index (χ3v) is 5.18. The van der Waals surface area contributed by atoms with Crippen LogP contribution in [0.5, 0.6) is 5.75 Å². The van der Waals surface area contributed by atoms with Gasteiger partial charge in [0.05, 0.1) is 12.8 Å². The van der Waals surface area contributed by atoms with Crippen LogP contribution in [0.1, 0.15) is 34.8 Å². The van der Waals surface area contributed by atoms with Gasteiger partial charge in [0.25, 0.3) is 5.91 Å². The molecular weight excluding hydrogens is 380 g/mol. The standard InChI is InChI=1S/C24H24N2O2S/c1-2-16-28-22-14-10-19(11-15-22)17-25-26-24(27)21-12-8-20(9-13-21)18-29-23-6-4-3-5-7-23/h3-15,17H,2,16,18H2,1H3,(H,26,27)/b25-17+. The molecule has 0 bridgehead atoms. The average molecular weight is 405 g/mol. The van der Waals surface area contributed by atoms with Crippen molar-refractivity contribution in [1.82, 2.24) is 5.43 Å². The zero-order valence-corrected chi connectivity index (χ0v) is 17.2. The highest BCUT2D eigenvalue weighted by Crippen LogP contribution is 2.22. The van der Waals surface area contributed by atoms with Gasteiger partial charge in [-0.3, -0.25) is 4.79 Å². The molecule has 0 aliphatic heterocycles. The van der Waals surface area contributed by atoms with Crippen LogP contribution in [0, 0.1) is 0 Å². The van der Waals surface area contributed by atoms with Gasteiger partial charge in [-0.05, 0) is 66.1 Å². The molecule has 0 aromatic heterocycles. The van der Waals surface area contributed by atoms with Crippen LogP contribution in [0.3, 0.4) is 0 Å². The Bertz CT molecular complexity index is 923. The number of carbonyl (C=O) groups excluding carboxylic acids is 1. The van der Waals surface area contributed by atoms with Crippen LogP contribution >= 0.6 is 11.8 Å². The van der Waals surface area contributed by atoms with E-state index >= 15 is 0 Å². The molecule has 3 aromatic carbocycles. The Hall–Kier alpha value is -3.05. The first-order chi connectivity index (χ1) is 14.2. The molecule has 3 aromatic rings. The van der Waals surface area contributed by atoms with Crippen molar-refractivity contribution in [2.24, 2.45) is 5.10 Å². The molecule has 0 unspecified atom stereocenters. The zero-order valence-electron chi connectivity index (χ0n) is 16.4. The molecule has 0 spiro atoms. The summed E-state index contributed by atoms with van der Waals surface area (Å²) in [7, 11) is 0. The molecule has 0 aliphatic rings. The second-order valence-electron chi connectivity index (χ2n) is 6.42. The van der Waals surface area contributed by atoms with Gasteiger partial charge in [0.2, 0.25) is 0 Å². The maximum Gasteiger partial charge on any atom is 0.271 e. The quantitative estimate of drug-likeness (QED) is 0.290.